The quantitative estimate of drug-likeness (QED) is 0.664. The topological polar surface area (TPSA) is 0 Å². The molecule has 1 aliphatic rings. The third-order valence-corrected chi connectivity index (χ3v) is 4.60. The number of hydrogen-bond donors (Lipinski definition) is 0. The summed E-state index contributed by atoms with van der Waals surface area (Å²) < 4.78 is 13.3. The normalized spacial score (nSPS) is 24.2. The predicted molar refractivity (Wildman–Crippen MR) is 75.5 cm³/mol. The molecule has 2 rings (SSSR count). The molecule has 1 saturated carbocycles. The van der Waals surface area contributed by atoms with Crippen molar-refractivity contribution in [3.05, 3.63) is 34.6 Å². The second-order valence-corrected chi connectivity index (χ2v) is 6.00. The van der Waals surface area contributed by atoms with Gasteiger partial charge >= 0.3 is 0 Å². The molecule has 0 heterocycles. The van der Waals surface area contributed by atoms with E-state index in [1.165, 1.54) is 38.5 Å². The van der Waals surface area contributed by atoms with Gasteiger partial charge in [0.15, 0.2) is 0 Å². The van der Waals surface area contributed by atoms with Crippen LogP contribution in [0.25, 0.3) is 0 Å². The molecule has 1 aromatic rings. The molecule has 0 radical (unpaired) electrons. The molecule has 0 aromatic heterocycles. The summed E-state index contributed by atoms with van der Waals surface area (Å²) >= 11 is 5.69. The van der Waals surface area contributed by atoms with Gasteiger partial charge in [-0.3, -0.25) is 0 Å². The number of aryl methyl sites for hydroxylation is 1. The highest BCUT2D eigenvalue weighted by molar-refractivity contribution is 6.30. The van der Waals surface area contributed by atoms with Gasteiger partial charge in [0, 0.05) is 0 Å². The van der Waals surface area contributed by atoms with Crippen LogP contribution in [-0.2, 0) is 6.42 Å². The molecule has 2 unspecified atom stereocenters. The van der Waals surface area contributed by atoms with Crippen molar-refractivity contribution in [2.24, 2.45) is 11.8 Å². The molecule has 0 amide bonds. The lowest BCUT2D eigenvalue weighted by atomic mass is 9.78. The first-order valence-corrected chi connectivity index (χ1v) is 7.50. The minimum atomic E-state index is -0.288. The first-order chi connectivity index (χ1) is 8.69. The van der Waals surface area contributed by atoms with Crippen molar-refractivity contribution in [2.45, 2.75) is 51.9 Å². The largest absolute Gasteiger partial charge is 0.205 e. The standard InChI is InChI=1S/C16H22ClF/c1-2-12-4-3-5-13(10-12)6-7-14-8-9-15(17)16(18)11-14/h8-9,11-13H,2-7,10H2,1H3. The predicted octanol–water partition coefficient (Wildman–Crippen LogP) is 5.63. The van der Waals surface area contributed by atoms with Crippen LogP contribution in [0.3, 0.4) is 0 Å². The van der Waals surface area contributed by atoms with Crippen LogP contribution in [-0.4, -0.2) is 0 Å². The highest BCUT2D eigenvalue weighted by atomic mass is 35.5. The van der Waals surface area contributed by atoms with Crippen LogP contribution in [0, 0.1) is 17.7 Å². The van der Waals surface area contributed by atoms with E-state index in [4.69, 9.17) is 11.6 Å². The van der Waals surface area contributed by atoms with Crippen LogP contribution >= 0.6 is 11.6 Å². The average Bonchev–Trinajstić information content (AvgIpc) is 2.40. The molecule has 0 bridgehead atoms. The van der Waals surface area contributed by atoms with Crippen molar-refractivity contribution in [3.8, 4) is 0 Å². The van der Waals surface area contributed by atoms with E-state index < -0.39 is 0 Å². The van der Waals surface area contributed by atoms with Gasteiger partial charge in [-0.2, -0.15) is 0 Å². The Morgan fingerprint density at radius 3 is 2.78 bits per heavy atom. The average molecular weight is 269 g/mol. The Morgan fingerprint density at radius 2 is 2.06 bits per heavy atom. The number of hydrogen-bond acceptors (Lipinski definition) is 0. The Balaban J connectivity index is 1.85. The summed E-state index contributed by atoms with van der Waals surface area (Å²) in [5, 5.41) is 0.225. The Morgan fingerprint density at radius 1 is 1.28 bits per heavy atom. The zero-order chi connectivity index (χ0) is 13.0. The Hall–Kier alpha value is -0.560. The summed E-state index contributed by atoms with van der Waals surface area (Å²) in [5.41, 5.74) is 1.08. The Labute approximate surface area is 115 Å². The number of benzene rings is 1. The van der Waals surface area contributed by atoms with Gasteiger partial charge in [0.2, 0.25) is 0 Å². The molecule has 0 N–H and O–H groups in total. The maximum absolute atomic E-state index is 13.3. The summed E-state index contributed by atoms with van der Waals surface area (Å²) in [6.45, 7) is 2.29. The Kier molecular flexibility index (Phi) is 5.05. The van der Waals surface area contributed by atoms with Gasteiger partial charge in [0.05, 0.1) is 5.02 Å². The molecule has 100 valence electrons. The van der Waals surface area contributed by atoms with Crippen LogP contribution < -0.4 is 0 Å². The lowest BCUT2D eigenvalue weighted by Crippen LogP contribution is -2.15. The summed E-state index contributed by atoms with van der Waals surface area (Å²) in [6.07, 6.45) is 8.98. The summed E-state index contributed by atoms with van der Waals surface area (Å²) in [4.78, 5) is 0. The van der Waals surface area contributed by atoms with Crippen LogP contribution in [0.15, 0.2) is 18.2 Å². The lowest BCUT2D eigenvalue weighted by Gasteiger charge is -2.28. The summed E-state index contributed by atoms with van der Waals surface area (Å²) in [5.74, 6) is 1.47. The third-order valence-electron chi connectivity index (χ3n) is 4.29. The van der Waals surface area contributed by atoms with Crippen LogP contribution in [0.1, 0.15) is 51.0 Å². The van der Waals surface area contributed by atoms with Gasteiger partial charge in [-0.15, -0.1) is 0 Å². The van der Waals surface area contributed by atoms with Crippen LogP contribution in [0.2, 0.25) is 5.02 Å². The zero-order valence-electron chi connectivity index (χ0n) is 11.1. The van der Waals surface area contributed by atoms with Crippen molar-refractivity contribution in [1.29, 1.82) is 0 Å². The molecule has 1 aromatic carbocycles. The minimum absolute atomic E-state index is 0.225. The van der Waals surface area contributed by atoms with Crippen molar-refractivity contribution in [1.82, 2.24) is 0 Å². The van der Waals surface area contributed by atoms with Gasteiger partial charge in [-0.25, -0.2) is 4.39 Å². The smallest absolute Gasteiger partial charge is 0.142 e. The van der Waals surface area contributed by atoms with Gasteiger partial charge < -0.3 is 0 Å². The first kappa shape index (κ1) is 13.9. The van der Waals surface area contributed by atoms with Gasteiger partial charge in [0.1, 0.15) is 5.82 Å². The maximum Gasteiger partial charge on any atom is 0.142 e. The van der Waals surface area contributed by atoms with E-state index in [1.54, 1.807) is 12.1 Å². The fraction of sp³-hybridized carbons (Fsp3) is 0.625. The first-order valence-electron chi connectivity index (χ1n) is 7.13. The monoisotopic (exact) mass is 268 g/mol. The summed E-state index contributed by atoms with van der Waals surface area (Å²) in [7, 11) is 0. The molecule has 0 aliphatic heterocycles. The lowest BCUT2D eigenvalue weighted by molar-refractivity contribution is 0.250. The second kappa shape index (κ2) is 6.56. The van der Waals surface area contributed by atoms with E-state index in [2.05, 4.69) is 6.92 Å². The highest BCUT2D eigenvalue weighted by Crippen LogP contribution is 2.33. The molecule has 2 atom stereocenters. The van der Waals surface area contributed by atoms with Gasteiger partial charge in [-0.05, 0) is 48.8 Å². The zero-order valence-corrected chi connectivity index (χ0v) is 11.8. The second-order valence-electron chi connectivity index (χ2n) is 5.59. The molecule has 0 saturated heterocycles. The van der Waals surface area contributed by atoms with E-state index in [0.29, 0.717) is 0 Å². The third kappa shape index (κ3) is 3.71. The van der Waals surface area contributed by atoms with Crippen molar-refractivity contribution in [2.75, 3.05) is 0 Å². The van der Waals surface area contributed by atoms with Crippen molar-refractivity contribution < 1.29 is 4.39 Å². The SMILES string of the molecule is CCC1CCCC(CCc2ccc(Cl)c(F)c2)C1. The van der Waals surface area contributed by atoms with Crippen molar-refractivity contribution in [3.63, 3.8) is 0 Å². The molecule has 1 aliphatic carbocycles. The van der Waals surface area contributed by atoms with E-state index in [-0.39, 0.29) is 10.8 Å². The van der Waals surface area contributed by atoms with E-state index in [9.17, 15) is 4.39 Å². The number of rotatable bonds is 4. The fourth-order valence-electron chi connectivity index (χ4n) is 3.10. The van der Waals surface area contributed by atoms with Crippen molar-refractivity contribution >= 4 is 11.6 Å². The molecule has 18 heavy (non-hydrogen) atoms. The van der Waals surface area contributed by atoms with E-state index in [0.717, 1.165) is 23.8 Å². The molecule has 1 fully saturated rings. The van der Waals surface area contributed by atoms with Crippen LogP contribution in [0.4, 0.5) is 4.39 Å². The minimum Gasteiger partial charge on any atom is -0.205 e. The maximum atomic E-state index is 13.3. The molecule has 0 spiro atoms. The van der Waals surface area contributed by atoms with E-state index >= 15 is 0 Å². The molecule has 2 heteroatoms. The van der Waals surface area contributed by atoms with Gasteiger partial charge in [-0.1, -0.05) is 50.3 Å². The van der Waals surface area contributed by atoms with Crippen LogP contribution in [0.5, 0.6) is 0 Å². The molecular formula is C16H22ClF. The van der Waals surface area contributed by atoms with Gasteiger partial charge in [0.25, 0.3) is 0 Å². The molecular weight excluding hydrogens is 247 g/mol. The highest BCUT2D eigenvalue weighted by Gasteiger charge is 2.20. The van der Waals surface area contributed by atoms with E-state index in [1.807, 2.05) is 6.07 Å². The molecule has 0 nitrogen and oxygen atoms in total. The summed E-state index contributed by atoms with van der Waals surface area (Å²) in [6, 6.07) is 5.20. The Bertz CT molecular complexity index is 389. The number of halogens is 2. The fourth-order valence-corrected chi connectivity index (χ4v) is 3.22.